The summed E-state index contributed by atoms with van der Waals surface area (Å²) in [4.78, 5) is 14.9. The van der Waals surface area contributed by atoms with Gasteiger partial charge in [0.25, 0.3) is 0 Å². The summed E-state index contributed by atoms with van der Waals surface area (Å²) in [7, 11) is 1.14. The van der Waals surface area contributed by atoms with Crippen LogP contribution in [-0.4, -0.2) is 23.2 Å². The molecule has 2 rings (SSSR count). The summed E-state index contributed by atoms with van der Waals surface area (Å²) in [6, 6.07) is 3.10. The van der Waals surface area contributed by atoms with E-state index in [0.717, 1.165) is 19.2 Å². The largest absolute Gasteiger partial charge is 0.462 e. The molecular weight excluding hydrogens is 313 g/mol. The molecule has 0 amide bonds. The lowest BCUT2D eigenvalue weighted by molar-refractivity contribution is -0.137. The minimum atomic E-state index is -4.51. The number of halogens is 4. The first-order valence-electron chi connectivity index (χ1n) is 5.57. The molecule has 0 fully saturated rings. The third-order valence-corrected chi connectivity index (χ3v) is 2.69. The van der Waals surface area contributed by atoms with Crippen molar-refractivity contribution in [2.24, 2.45) is 0 Å². The molecule has 1 heterocycles. The number of alkyl halides is 3. The predicted octanol–water partition coefficient (Wildman–Crippen LogP) is 3.12. The highest BCUT2D eigenvalue weighted by molar-refractivity contribution is 6.30. The normalized spacial score (nSPS) is 11.5. The van der Waals surface area contributed by atoms with Crippen molar-refractivity contribution in [3.8, 4) is 0 Å². The molecule has 0 aliphatic heterocycles. The summed E-state index contributed by atoms with van der Waals surface area (Å²) in [5, 5.41) is 3.43. The smallest absolute Gasteiger partial charge is 0.416 e. The van der Waals surface area contributed by atoms with Gasteiger partial charge in [-0.1, -0.05) is 16.8 Å². The summed E-state index contributed by atoms with van der Waals surface area (Å²) in [6.45, 7) is 0. The molecule has 1 aromatic heterocycles. The highest BCUT2D eigenvalue weighted by atomic mass is 35.5. The molecule has 0 atom stereocenters. The first-order chi connectivity index (χ1) is 9.79. The lowest BCUT2D eigenvalue weighted by atomic mass is 10.1. The first kappa shape index (κ1) is 15.3. The number of hydrogen-bond donors (Lipinski definition) is 0. The van der Waals surface area contributed by atoms with Gasteiger partial charge in [-0.15, -0.1) is 0 Å². The highest BCUT2D eigenvalue weighted by Gasteiger charge is 2.31. The van der Waals surface area contributed by atoms with E-state index in [2.05, 4.69) is 19.4 Å². The monoisotopic (exact) mass is 320 g/mol. The average Bonchev–Trinajstić information content (AvgIpc) is 2.84. The molecule has 0 radical (unpaired) electrons. The molecule has 0 saturated carbocycles. The van der Waals surface area contributed by atoms with Crippen molar-refractivity contribution in [1.82, 2.24) is 10.1 Å². The van der Waals surface area contributed by atoms with Crippen LogP contribution in [0.4, 0.5) is 13.2 Å². The number of esters is 1. The number of benzene rings is 1. The van der Waals surface area contributed by atoms with Crippen molar-refractivity contribution >= 4 is 17.6 Å². The fraction of sp³-hybridized carbons (Fsp3) is 0.250. The van der Waals surface area contributed by atoms with Crippen LogP contribution in [-0.2, 0) is 17.3 Å². The zero-order chi connectivity index (χ0) is 15.6. The SMILES string of the molecule is COC(=O)c1nc(Cc2cc(Cl)cc(C(F)(F)F)c2)no1. The molecule has 0 N–H and O–H groups in total. The minimum Gasteiger partial charge on any atom is -0.462 e. The predicted molar refractivity (Wildman–Crippen MR) is 64.9 cm³/mol. The summed E-state index contributed by atoms with van der Waals surface area (Å²) in [6.07, 6.45) is -4.57. The Labute approximate surface area is 121 Å². The first-order valence-corrected chi connectivity index (χ1v) is 5.95. The Kier molecular flexibility index (Phi) is 4.17. The van der Waals surface area contributed by atoms with Crippen LogP contribution in [0.5, 0.6) is 0 Å². The van der Waals surface area contributed by atoms with Crippen molar-refractivity contribution in [2.45, 2.75) is 12.6 Å². The Bertz CT molecular complexity index is 670. The van der Waals surface area contributed by atoms with Crippen LogP contribution in [0, 0.1) is 0 Å². The van der Waals surface area contributed by atoms with E-state index >= 15 is 0 Å². The number of aromatic nitrogens is 2. The van der Waals surface area contributed by atoms with E-state index in [1.54, 1.807) is 0 Å². The Morgan fingerprint density at radius 3 is 2.71 bits per heavy atom. The zero-order valence-electron chi connectivity index (χ0n) is 10.6. The maximum atomic E-state index is 12.7. The van der Waals surface area contributed by atoms with Crippen LogP contribution < -0.4 is 0 Å². The fourth-order valence-corrected chi connectivity index (χ4v) is 1.85. The maximum absolute atomic E-state index is 12.7. The number of hydrogen-bond acceptors (Lipinski definition) is 5. The van der Waals surface area contributed by atoms with Crippen LogP contribution in [0.1, 0.15) is 27.6 Å². The second kappa shape index (κ2) is 5.72. The van der Waals surface area contributed by atoms with Crippen molar-refractivity contribution in [1.29, 1.82) is 0 Å². The minimum absolute atomic E-state index is 0.0470. The third kappa shape index (κ3) is 3.72. The van der Waals surface area contributed by atoms with E-state index in [1.807, 2.05) is 0 Å². The van der Waals surface area contributed by atoms with Crippen LogP contribution in [0.2, 0.25) is 5.02 Å². The Morgan fingerprint density at radius 1 is 1.38 bits per heavy atom. The van der Waals surface area contributed by atoms with Gasteiger partial charge >= 0.3 is 18.0 Å². The van der Waals surface area contributed by atoms with Gasteiger partial charge in [-0.2, -0.15) is 18.2 Å². The molecule has 0 aliphatic rings. The Balaban J connectivity index is 2.25. The molecule has 0 spiro atoms. The van der Waals surface area contributed by atoms with E-state index in [-0.39, 0.29) is 28.7 Å². The maximum Gasteiger partial charge on any atom is 0.416 e. The standard InChI is InChI=1S/C12H8ClF3N2O3/c1-20-11(19)10-17-9(18-21-10)4-6-2-7(12(14,15)16)5-8(13)3-6/h2-3,5H,4H2,1H3. The van der Waals surface area contributed by atoms with Crippen molar-refractivity contribution in [3.63, 3.8) is 0 Å². The molecule has 0 aliphatic carbocycles. The molecule has 0 bridgehead atoms. The number of ether oxygens (including phenoxy) is 1. The zero-order valence-corrected chi connectivity index (χ0v) is 11.3. The van der Waals surface area contributed by atoms with Crippen molar-refractivity contribution in [2.75, 3.05) is 7.11 Å². The van der Waals surface area contributed by atoms with Crippen molar-refractivity contribution in [3.05, 3.63) is 46.1 Å². The van der Waals surface area contributed by atoms with Gasteiger partial charge in [0.15, 0.2) is 5.82 Å². The fourth-order valence-electron chi connectivity index (χ4n) is 1.59. The summed E-state index contributed by atoms with van der Waals surface area (Å²) in [5.41, 5.74) is -0.631. The van der Waals surface area contributed by atoms with Gasteiger partial charge < -0.3 is 9.26 Å². The van der Waals surface area contributed by atoms with Gasteiger partial charge in [-0.05, 0) is 23.8 Å². The quantitative estimate of drug-likeness (QED) is 0.813. The van der Waals surface area contributed by atoms with E-state index in [4.69, 9.17) is 11.6 Å². The molecule has 1 aromatic carbocycles. The van der Waals surface area contributed by atoms with Crippen LogP contribution in [0.15, 0.2) is 22.7 Å². The van der Waals surface area contributed by atoms with Crippen molar-refractivity contribution < 1.29 is 27.2 Å². The Morgan fingerprint density at radius 2 is 2.10 bits per heavy atom. The molecule has 9 heteroatoms. The summed E-state index contributed by atoms with van der Waals surface area (Å²) in [5.74, 6) is -1.15. The van der Waals surface area contributed by atoms with Gasteiger partial charge in [0.1, 0.15) is 0 Å². The average molecular weight is 321 g/mol. The molecule has 5 nitrogen and oxygen atoms in total. The van der Waals surface area contributed by atoms with E-state index in [0.29, 0.717) is 0 Å². The second-order valence-corrected chi connectivity index (χ2v) is 4.47. The number of methoxy groups -OCH3 is 1. The third-order valence-electron chi connectivity index (χ3n) is 2.48. The van der Waals surface area contributed by atoms with Gasteiger partial charge in [-0.25, -0.2) is 4.79 Å². The lowest BCUT2D eigenvalue weighted by Crippen LogP contribution is -2.06. The molecule has 21 heavy (non-hydrogen) atoms. The molecule has 112 valence electrons. The number of rotatable bonds is 3. The van der Waals surface area contributed by atoms with Gasteiger partial charge in [0.05, 0.1) is 12.7 Å². The number of nitrogens with zero attached hydrogens (tertiary/aromatic N) is 2. The van der Waals surface area contributed by atoms with Gasteiger partial charge in [0, 0.05) is 11.4 Å². The topological polar surface area (TPSA) is 65.2 Å². The van der Waals surface area contributed by atoms with Gasteiger partial charge in [0.2, 0.25) is 0 Å². The highest BCUT2D eigenvalue weighted by Crippen LogP contribution is 2.32. The molecular formula is C12H8ClF3N2O3. The molecule has 2 aromatic rings. The van der Waals surface area contributed by atoms with E-state index in [9.17, 15) is 18.0 Å². The molecule has 0 saturated heterocycles. The lowest BCUT2D eigenvalue weighted by Gasteiger charge is -2.08. The van der Waals surface area contributed by atoms with Gasteiger partial charge in [-0.3, -0.25) is 0 Å². The van der Waals surface area contributed by atoms with Crippen LogP contribution in [0.3, 0.4) is 0 Å². The van der Waals surface area contributed by atoms with Crippen LogP contribution >= 0.6 is 11.6 Å². The summed E-state index contributed by atoms with van der Waals surface area (Å²) >= 11 is 5.66. The van der Waals surface area contributed by atoms with E-state index < -0.39 is 17.7 Å². The number of carbonyl (C=O) groups is 1. The number of carbonyl (C=O) groups excluding carboxylic acids is 1. The molecule has 0 unspecified atom stereocenters. The van der Waals surface area contributed by atoms with Crippen LogP contribution in [0.25, 0.3) is 0 Å². The Hall–Kier alpha value is -2.09. The summed E-state index contributed by atoms with van der Waals surface area (Å²) < 4.78 is 47.0. The van der Waals surface area contributed by atoms with E-state index in [1.165, 1.54) is 6.07 Å². The second-order valence-electron chi connectivity index (χ2n) is 4.03.